The molecule has 0 saturated heterocycles. The van der Waals surface area contributed by atoms with E-state index in [1.54, 1.807) is 67.6 Å². The van der Waals surface area contributed by atoms with Gasteiger partial charge in [0, 0.05) is 41.7 Å². The topological polar surface area (TPSA) is 108 Å². The molecular weight excluding hydrogens is 406 g/mol. The first-order chi connectivity index (χ1) is 15.3. The van der Waals surface area contributed by atoms with Gasteiger partial charge in [0.1, 0.15) is 11.7 Å². The SMILES string of the molecule is CC(=O)Nc1ccc(C(=O)c2ccc3c(c2)NC(=O)C3C=Nc2ccc(C)c(O)c2)cc1. The Morgan fingerprint density at radius 3 is 2.44 bits per heavy atom. The van der Waals surface area contributed by atoms with Gasteiger partial charge in [-0.1, -0.05) is 18.2 Å². The van der Waals surface area contributed by atoms with Crippen LogP contribution in [0.5, 0.6) is 5.75 Å². The fourth-order valence-electron chi connectivity index (χ4n) is 3.49. The van der Waals surface area contributed by atoms with Crippen LogP contribution in [0.3, 0.4) is 0 Å². The second-order valence-corrected chi connectivity index (χ2v) is 7.61. The molecule has 2 amide bonds. The van der Waals surface area contributed by atoms with E-state index >= 15 is 0 Å². The number of hydrogen-bond acceptors (Lipinski definition) is 5. The number of rotatable bonds is 5. The average Bonchev–Trinajstić information content (AvgIpc) is 3.08. The van der Waals surface area contributed by atoms with Crippen LogP contribution < -0.4 is 10.6 Å². The number of nitrogens with zero attached hydrogens (tertiary/aromatic N) is 1. The molecule has 7 heteroatoms. The van der Waals surface area contributed by atoms with E-state index in [2.05, 4.69) is 15.6 Å². The molecule has 0 bridgehead atoms. The fraction of sp³-hybridized carbons (Fsp3) is 0.120. The highest BCUT2D eigenvalue weighted by Gasteiger charge is 2.30. The molecule has 1 heterocycles. The predicted octanol–water partition coefficient (Wildman–Crippen LogP) is 4.33. The smallest absolute Gasteiger partial charge is 0.237 e. The van der Waals surface area contributed by atoms with Crippen molar-refractivity contribution in [2.75, 3.05) is 10.6 Å². The van der Waals surface area contributed by atoms with E-state index in [0.29, 0.717) is 28.2 Å². The summed E-state index contributed by atoms with van der Waals surface area (Å²) in [7, 11) is 0. The van der Waals surface area contributed by atoms with Crippen molar-refractivity contribution in [1.29, 1.82) is 0 Å². The van der Waals surface area contributed by atoms with Crippen molar-refractivity contribution in [2.24, 2.45) is 4.99 Å². The molecular formula is C25H21N3O4. The van der Waals surface area contributed by atoms with Gasteiger partial charge in [-0.3, -0.25) is 19.4 Å². The maximum atomic E-state index is 12.9. The Labute approximate surface area is 184 Å². The van der Waals surface area contributed by atoms with Crippen LogP contribution in [-0.2, 0) is 9.59 Å². The Kier molecular flexibility index (Phi) is 5.55. The average molecular weight is 427 g/mol. The third-order valence-electron chi connectivity index (χ3n) is 5.22. The molecule has 1 aliphatic heterocycles. The molecule has 0 radical (unpaired) electrons. The molecule has 0 fully saturated rings. The number of phenols is 1. The molecule has 7 nitrogen and oxygen atoms in total. The van der Waals surface area contributed by atoms with Gasteiger partial charge < -0.3 is 15.7 Å². The maximum absolute atomic E-state index is 12.9. The van der Waals surface area contributed by atoms with Gasteiger partial charge >= 0.3 is 0 Å². The molecule has 1 unspecified atom stereocenters. The molecule has 1 aliphatic rings. The Balaban J connectivity index is 1.54. The van der Waals surface area contributed by atoms with Crippen molar-refractivity contribution < 1.29 is 19.5 Å². The monoisotopic (exact) mass is 427 g/mol. The number of benzene rings is 3. The lowest BCUT2D eigenvalue weighted by atomic mass is 9.97. The number of phenolic OH excluding ortho intramolecular Hbond substituents is 1. The zero-order chi connectivity index (χ0) is 22.8. The highest BCUT2D eigenvalue weighted by atomic mass is 16.3. The number of carbonyl (C=O) groups excluding carboxylic acids is 3. The lowest BCUT2D eigenvalue weighted by Crippen LogP contribution is -2.12. The van der Waals surface area contributed by atoms with Gasteiger partial charge in [0.15, 0.2) is 5.78 Å². The quantitative estimate of drug-likeness (QED) is 0.416. The number of hydrogen-bond donors (Lipinski definition) is 3. The van der Waals surface area contributed by atoms with Crippen LogP contribution in [0.1, 0.15) is 39.9 Å². The lowest BCUT2D eigenvalue weighted by Gasteiger charge is -2.07. The third-order valence-corrected chi connectivity index (χ3v) is 5.22. The van der Waals surface area contributed by atoms with Crippen molar-refractivity contribution in [3.63, 3.8) is 0 Å². The molecule has 0 spiro atoms. The summed E-state index contributed by atoms with van der Waals surface area (Å²) in [5, 5.41) is 15.3. The second-order valence-electron chi connectivity index (χ2n) is 7.61. The van der Waals surface area contributed by atoms with Crippen LogP contribution in [0, 0.1) is 6.92 Å². The van der Waals surface area contributed by atoms with Crippen molar-refractivity contribution in [2.45, 2.75) is 19.8 Å². The molecule has 0 saturated carbocycles. The van der Waals surface area contributed by atoms with E-state index in [4.69, 9.17) is 0 Å². The van der Waals surface area contributed by atoms with Crippen molar-refractivity contribution in [3.8, 4) is 5.75 Å². The first-order valence-electron chi connectivity index (χ1n) is 10.0. The number of anilines is 2. The Bertz CT molecular complexity index is 1260. The summed E-state index contributed by atoms with van der Waals surface area (Å²) in [5.74, 6) is -1.05. The van der Waals surface area contributed by atoms with Gasteiger partial charge in [-0.2, -0.15) is 0 Å². The van der Waals surface area contributed by atoms with Crippen LogP contribution >= 0.6 is 0 Å². The van der Waals surface area contributed by atoms with E-state index in [1.165, 1.54) is 13.1 Å². The standard InChI is InChI=1S/C25H21N3O4/c1-14-3-7-19(12-23(14)30)26-13-21-20-10-6-17(11-22(20)28-25(21)32)24(31)16-4-8-18(9-5-16)27-15(2)29/h3-13,21,30H,1-2H3,(H,27,29)(H,28,32). The van der Waals surface area contributed by atoms with E-state index in [9.17, 15) is 19.5 Å². The summed E-state index contributed by atoms with van der Waals surface area (Å²) in [4.78, 5) is 40.8. The van der Waals surface area contributed by atoms with Gasteiger partial charge in [-0.05, 0) is 54.4 Å². The molecule has 3 aromatic carbocycles. The highest BCUT2D eigenvalue weighted by Crippen LogP contribution is 2.33. The van der Waals surface area contributed by atoms with E-state index in [0.717, 1.165) is 11.1 Å². The van der Waals surface area contributed by atoms with Gasteiger partial charge in [0.05, 0.1) is 5.69 Å². The lowest BCUT2D eigenvalue weighted by molar-refractivity contribution is -0.116. The van der Waals surface area contributed by atoms with E-state index < -0.39 is 5.92 Å². The molecule has 160 valence electrons. The summed E-state index contributed by atoms with van der Waals surface area (Å²) in [6, 6.07) is 16.8. The summed E-state index contributed by atoms with van der Waals surface area (Å²) in [5.41, 5.74) is 4.11. The number of carbonyl (C=O) groups is 3. The zero-order valence-corrected chi connectivity index (χ0v) is 17.5. The minimum absolute atomic E-state index is 0.143. The van der Waals surface area contributed by atoms with E-state index in [1.807, 2.05) is 0 Å². The van der Waals surface area contributed by atoms with Crippen LogP contribution in [0.15, 0.2) is 65.7 Å². The van der Waals surface area contributed by atoms with Crippen LogP contribution in [0.25, 0.3) is 0 Å². The first-order valence-corrected chi connectivity index (χ1v) is 10.0. The molecule has 1 atom stereocenters. The summed E-state index contributed by atoms with van der Waals surface area (Å²) < 4.78 is 0. The number of nitrogens with one attached hydrogen (secondary N) is 2. The summed E-state index contributed by atoms with van der Waals surface area (Å²) in [6.07, 6.45) is 1.54. The van der Waals surface area contributed by atoms with Gasteiger partial charge in [-0.15, -0.1) is 0 Å². The number of amides is 2. The third kappa shape index (κ3) is 4.27. The Morgan fingerprint density at radius 2 is 1.75 bits per heavy atom. The van der Waals surface area contributed by atoms with Crippen LogP contribution in [0.2, 0.25) is 0 Å². The minimum atomic E-state index is -0.588. The Morgan fingerprint density at radius 1 is 1.03 bits per heavy atom. The summed E-state index contributed by atoms with van der Waals surface area (Å²) >= 11 is 0. The number of fused-ring (bicyclic) bond motifs is 1. The van der Waals surface area contributed by atoms with Crippen LogP contribution in [-0.4, -0.2) is 28.9 Å². The van der Waals surface area contributed by atoms with Crippen molar-refractivity contribution in [3.05, 3.63) is 82.9 Å². The largest absolute Gasteiger partial charge is 0.508 e. The minimum Gasteiger partial charge on any atom is -0.508 e. The number of aliphatic imine (C=N–C) groups is 1. The molecule has 0 aliphatic carbocycles. The Hall–Kier alpha value is -4.26. The molecule has 0 aromatic heterocycles. The highest BCUT2D eigenvalue weighted by molar-refractivity contribution is 6.15. The number of aromatic hydroxyl groups is 1. The maximum Gasteiger partial charge on any atom is 0.237 e. The van der Waals surface area contributed by atoms with Crippen LogP contribution in [0.4, 0.5) is 17.1 Å². The molecule has 3 N–H and O–H groups in total. The van der Waals surface area contributed by atoms with Crippen molar-refractivity contribution >= 4 is 40.9 Å². The molecule has 3 aromatic rings. The van der Waals surface area contributed by atoms with Gasteiger partial charge in [-0.25, -0.2) is 0 Å². The number of aryl methyl sites for hydroxylation is 1. The summed E-state index contributed by atoms with van der Waals surface area (Å²) in [6.45, 7) is 3.21. The number of ketones is 1. The normalized spacial score (nSPS) is 14.8. The second kappa shape index (κ2) is 8.47. The van der Waals surface area contributed by atoms with Crippen molar-refractivity contribution in [1.82, 2.24) is 0 Å². The molecule has 4 rings (SSSR count). The van der Waals surface area contributed by atoms with Gasteiger partial charge in [0.2, 0.25) is 11.8 Å². The fourth-order valence-corrected chi connectivity index (χ4v) is 3.49. The van der Waals surface area contributed by atoms with Gasteiger partial charge in [0.25, 0.3) is 0 Å². The zero-order valence-electron chi connectivity index (χ0n) is 17.5. The molecule has 32 heavy (non-hydrogen) atoms. The predicted molar refractivity (Wildman–Crippen MR) is 123 cm³/mol. The first kappa shape index (κ1) is 21.0. The van der Waals surface area contributed by atoms with E-state index in [-0.39, 0.29) is 23.3 Å².